The molecule has 2 aliphatic rings. The minimum absolute atomic E-state index is 0.0114. The zero-order chi connectivity index (χ0) is 13.4. The van der Waals surface area contributed by atoms with Gasteiger partial charge in [-0.1, -0.05) is 0 Å². The van der Waals surface area contributed by atoms with Crippen molar-refractivity contribution in [3.63, 3.8) is 0 Å². The lowest BCUT2D eigenvalue weighted by atomic mass is 10.1. The van der Waals surface area contributed by atoms with Crippen molar-refractivity contribution in [1.29, 1.82) is 0 Å². The molecule has 0 aromatic carbocycles. The normalized spacial score (nSPS) is 26.6. The molecule has 5 heteroatoms. The predicted octanol–water partition coefficient (Wildman–Crippen LogP) is 1.06. The highest BCUT2D eigenvalue weighted by Gasteiger charge is 2.38. The molecular weight excluding hydrogens is 240 g/mol. The minimum Gasteiger partial charge on any atom is -0.397 e. The first-order valence-corrected chi connectivity index (χ1v) is 7.19. The monoisotopic (exact) mass is 262 g/mol. The zero-order valence-corrected chi connectivity index (χ0v) is 11.4. The number of nitrogens with one attached hydrogen (secondary N) is 1. The fraction of sp³-hybridized carbons (Fsp3) is 0.643. The van der Waals surface area contributed by atoms with Gasteiger partial charge < -0.3 is 15.6 Å². The van der Waals surface area contributed by atoms with Crippen LogP contribution in [-0.2, 0) is 6.54 Å². The molecule has 2 aliphatic heterocycles. The van der Waals surface area contributed by atoms with Crippen molar-refractivity contribution >= 4 is 11.6 Å². The smallest absolute Gasteiger partial charge is 0.268 e. The van der Waals surface area contributed by atoms with Crippen molar-refractivity contribution in [2.45, 2.75) is 44.8 Å². The number of carbonyl (C=O) groups excluding carboxylic acids is 1. The van der Waals surface area contributed by atoms with E-state index in [9.17, 15) is 4.79 Å². The summed E-state index contributed by atoms with van der Waals surface area (Å²) in [7, 11) is 0. The quantitative estimate of drug-likeness (QED) is 0.856. The lowest BCUT2D eigenvalue weighted by Gasteiger charge is -2.21. The van der Waals surface area contributed by atoms with E-state index in [1.54, 1.807) is 6.07 Å². The Morgan fingerprint density at radius 2 is 2.32 bits per heavy atom. The molecule has 19 heavy (non-hydrogen) atoms. The van der Waals surface area contributed by atoms with Gasteiger partial charge in [0.2, 0.25) is 0 Å². The summed E-state index contributed by atoms with van der Waals surface area (Å²) in [5, 5.41) is 3.20. The first-order chi connectivity index (χ1) is 9.19. The number of carbonyl (C=O) groups is 1. The molecular formula is C14H22N4O. The molecule has 3 heterocycles. The number of amides is 1. The van der Waals surface area contributed by atoms with Gasteiger partial charge in [0, 0.05) is 31.4 Å². The molecule has 0 bridgehead atoms. The van der Waals surface area contributed by atoms with Crippen LogP contribution in [0, 0.1) is 0 Å². The summed E-state index contributed by atoms with van der Waals surface area (Å²) in [5.74, 6) is 0.0114. The average Bonchev–Trinajstić information content (AvgIpc) is 3.05. The van der Waals surface area contributed by atoms with Crippen molar-refractivity contribution < 1.29 is 4.79 Å². The van der Waals surface area contributed by atoms with Gasteiger partial charge in [-0.3, -0.25) is 9.69 Å². The van der Waals surface area contributed by atoms with E-state index in [4.69, 9.17) is 5.73 Å². The highest BCUT2D eigenvalue weighted by atomic mass is 16.2. The zero-order valence-electron chi connectivity index (χ0n) is 11.4. The van der Waals surface area contributed by atoms with Crippen LogP contribution in [0.4, 0.5) is 5.69 Å². The van der Waals surface area contributed by atoms with E-state index in [2.05, 4.69) is 10.2 Å². The number of hydrogen-bond acceptors (Lipinski definition) is 3. The highest BCUT2D eigenvalue weighted by Crippen LogP contribution is 2.28. The summed E-state index contributed by atoms with van der Waals surface area (Å²) in [6.45, 7) is 5.09. The number of anilines is 1. The van der Waals surface area contributed by atoms with Gasteiger partial charge in [0.05, 0.1) is 5.69 Å². The molecule has 0 spiro atoms. The molecule has 0 aliphatic carbocycles. The maximum atomic E-state index is 12.4. The van der Waals surface area contributed by atoms with Gasteiger partial charge in [0.15, 0.2) is 0 Å². The molecule has 104 valence electrons. The molecule has 0 saturated carbocycles. The van der Waals surface area contributed by atoms with Crippen LogP contribution in [0.15, 0.2) is 12.3 Å². The molecule has 1 aromatic heterocycles. The number of nitrogens with two attached hydrogens (primary N) is 1. The van der Waals surface area contributed by atoms with Gasteiger partial charge >= 0.3 is 0 Å². The van der Waals surface area contributed by atoms with Crippen molar-refractivity contribution in [2.24, 2.45) is 0 Å². The Morgan fingerprint density at radius 1 is 1.47 bits per heavy atom. The van der Waals surface area contributed by atoms with Gasteiger partial charge in [-0.15, -0.1) is 0 Å². The lowest BCUT2D eigenvalue weighted by Crippen LogP contribution is -2.42. The van der Waals surface area contributed by atoms with Gasteiger partial charge in [0.25, 0.3) is 5.91 Å². The molecule has 2 unspecified atom stereocenters. The van der Waals surface area contributed by atoms with Crippen LogP contribution in [0.25, 0.3) is 0 Å². The molecule has 0 radical (unpaired) electrons. The van der Waals surface area contributed by atoms with Crippen LogP contribution < -0.4 is 11.1 Å². The summed E-state index contributed by atoms with van der Waals surface area (Å²) in [6, 6.07) is 2.61. The van der Waals surface area contributed by atoms with Crippen molar-refractivity contribution in [3.05, 3.63) is 18.0 Å². The SMILES string of the molecule is CCn1cc(N)cc1C(=O)NC1CCN2CCCC12. The predicted molar refractivity (Wildman–Crippen MR) is 75.0 cm³/mol. The van der Waals surface area contributed by atoms with Crippen LogP contribution in [0.3, 0.4) is 0 Å². The molecule has 3 rings (SSSR count). The van der Waals surface area contributed by atoms with Gasteiger partial charge in [-0.2, -0.15) is 0 Å². The number of rotatable bonds is 3. The number of hydrogen-bond donors (Lipinski definition) is 2. The molecule has 5 nitrogen and oxygen atoms in total. The average molecular weight is 262 g/mol. The molecule has 2 atom stereocenters. The number of aromatic nitrogens is 1. The first kappa shape index (κ1) is 12.5. The third-order valence-electron chi connectivity index (χ3n) is 4.41. The Bertz CT molecular complexity index is 482. The van der Waals surface area contributed by atoms with Crippen molar-refractivity contribution in [3.8, 4) is 0 Å². The Kier molecular flexibility index (Phi) is 3.22. The molecule has 3 N–H and O–H groups in total. The third-order valence-corrected chi connectivity index (χ3v) is 4.41. The van der Waals surface area contributed by atoms with E-state index in [1.165, 1.54) is 19.4 Å². The Hall–Kier alpha value is -1.49. The van der Waals surface area contributed by atoms with E-state index >= 15 is 0 Å². The van der Waals surface area contributed by atoms with E-state index in [0.717, 1.165) is 19.5 Å². The fourth-order valence-electron chi connectivity index (χ4n) is 3.48. The van der Waals surface area contributed by atoms with Crippen LogP contribution in [0.1, 0.15) is 36.7 Å². The van der Waals surface area contributed by atoms with Crippen molar-refractivity contribution in [2.75, 3.05) is 18.8 Å². The second kappa shape index (κ2) is 4.89. The third kappa shape index (κ3) is 2.23. The van der Waals surface area contributed by atoms with Crippen LogP contribution in [-0.4, -0.2) is 40.5 Å². The largest absolute Gasteiger partial charge is 0.397 e. The number of nitrogen functional groups attached to an aromatic ring is 1. The van der Waals surface area contributed by atoms with Crippen LogP contribution >= 0.6 is 0 Å². The van der Waals surface area contributed by atoms with Gasteiger partial charge in [-0.05, 0) is 38.8 Å². The Morgan fingerprint density at radius 3 is 3.11 bits per heavy atom. The standard InChI is InChI=1S/C14H22N4O/c1-2-17-9-10(15)8-13(17)14(19)16-11-5-7-18-6-3-4-12(11)18/h8-9,11-12H,2-7,15H2,1H3,(H,16,19). The topological polar surface area (TPSA) is 63.3 Å². The summed E-state index contributed by atoms with van der Waals surface area (Å²) >= 11 is 0. The molecule has 2 saturated heterocycles. The second-order valence-corrected chi connectivity index (χ2v) is 5.56. The van der Waals surface area contributed by atoms with E-state index in [-0.39, 0.29) is 5.91 Å². The summed E-state index contributed by atoms with van der Waals surface area (Å²) < 4.78 is 1.91. The minimum atomic E-state index is 0.0114. The first-order valence-electron chi connectivity index (χ1n) is 7.19. The van der Waals surface area contributed by atoms with E-state index in [1.807, 2.05) is 17.7 Å². The highest BCUT2D eigenvalue weighted by molar-refractivity contribution is 5.94. The fourth-order valence-corrected chi connectivity index (χ4v) is 3.48. The molecule has 1 aromatic rings. The van der Waals surface area contributed by atoms with Crippen molar-refractivity contribution in [1.82, 2.24) is 14.8 Å². The Balaban J connectivity index is 1.71. The van der Waals surface area contributed by atoms with Crippen LogP contribution in [0.5, 0.6) is 0 Å². The summed E-state index contributed by atoms with van der Waals surface area (Å²) in [6.07, 6.45) is 5.36. The maximum absolute atomic E-state index is 12.4. The number of aryl methyl sites for hydroxylation is 1. The summed E-state index contributed by atoms with van der Waals surface area (Å²) in [5.41, 5.74) is 7.11. The Labute approximate surface area is 113 Å². The van der Waals surface area contributed by atoms with E-state index < -0.39 is 0 Å². The molecule has 2 fully saturated rings. The number of nitrogens with zero attached hydrogens (tertiary/aromatic N) is 2. The molecule has 1 amide bonds. The van der Waals surface area contributed by atoms with E-state index in [0.29, 0.717) is 23.5 Å². The number of fused-ring (bicyclic) bond motifs is 1. The van der Waals surface area contributed by atoms with Gasteiger partial charge in [0.1, 0.15) is 5.69 Å². The summed E-state index contributed by atoms with van der Waals surface area (Å²) in [4.78, 5) is 14.9. The second-order valence-electron chi connectivity index (χ2n) is 5.56. The lowest BCUT2D eigenvalue weighted by molar-refractivity contribution is 0.0920. The maximum Gasteiger partial charge on any atom is 0.268 e. The van der Waals surface area contributed by atoms with Gasteiger partial charge in [-0.25, -0.2) is 0 Å². The van der Waals surface area contributed by atoms with Crippen LogP contribution in [0.2, 0.25) is 0 Å².